The first-order chi connectivity index (χ1) is 15.1. The number of carbonyl (C=O) groups excluding carboxylic acids is 1. The Morgan fingerprint density at radius 3 is 2.77 bits per heavy atom. The van der Waals surface area contributed by atoms with Gasteiger partial charge in [-0.2, -0.15) is 5.10 Å². The van der Waals surface area contributed by atoms with Gasteiger partial charge in [0, 0.05) is 17.7 Å². The van der Waals surface area contributed by atoms with E-state index in [0.717, 1.165) is 36.1 Å². The molecule has 0 radical (unpaired) electrons. The van der Waals surface area contributed by atoms with Crippen LogP contribution in [0.4, 0.5) is 4.39 Å². The second kappa shape index (κ2) is 9.20. The lowest BCUT2D eigenvalue weighted by molar-refractivity contribution is -0.121. The first kappa shape index (κ1) is 20.9. The zero-order valence-corrected chi connectivity index (χ0v) is 17.7. The van der Waals surface area contributed by atoms with Crippen LogP contribution in [0.5, 0.6) is 11.5 Å². The molecule has 0 fully saturated rings. The van der Waals surface area contributed by atoms with Crippen LogP contribution in [0.15, 0.2) is 48.7 Å². The molecule has 0 saturated carbocycles. The van der Waals surface area contributed by atoms with E-state index in [1.807, 2.05) is 18.2 Å². The van der Waals surface area contributed by atoms with E-state index >= 15 is 0 Å². The van der Waals surface area contributed by atoms with Gasteiger partial charge < -0.3 is 14.8 Å². The Kier molecular flexibility index (Phi) is 6.21. The number of amides is 1. The number of methoxy groups -OCH3 is 2. The van der Waals surface area contributed by atoms with Gasteiger partial charge in [0.15, 0.2) is 11.5 Å². The number of nitrogens with one attached hydrogen (secondary N) is 1. The van der Waals surface area contributed by atoms with Gasteiger partial charge in [0.25, 0.3) is 0 Å². The minimum atomic E-state index is -0.311. The largest absolute Gasteiger partial charge is 0.493 e. The number of hydrogen-bond acceptors (Lipinski definition) is 4. The minimum absolute atomic E-state index is 0.0220. The highest BCUT2D eigenvalue weighted by atomic mass is 19.1. The number of carbonyl (C=O) groups is 1. The molecule has 1 heterocycles. The smallest absolute Gasteiger partial charge is 0.220 e. The summed E-state index contributed by atoms with van der Waals surface area (Å²) in [5.41, 5.74) is 3.36. The van der Waals surface area contributed by atoms with E-state index in [4.69, 9.17) is 9.47 Å². The van der Waals surface area contributed by atoms with E-state index in [1.54, 1.807) is 43.3 Å². The van der Waals surface area contributed by atoms with Crippen molar-refractivity contribution in [3.63, 3.8) is 0 Å². The van der Waals surface area contributed by atoms with E-state index in [0.29, 0.717) is 30.0 Å². The van der Waals surface area contributed by atoms with Gasteiger partial charge in [0.05, 0.1) is 26.5 Å². The summed E-state index contributed by atoms with van der Waals surface area (Å²) in [6.07, 6.45) is 5.27. The molecule has 1 aromatic heterocycles. The molecule has 4 rings (SSSR count). The Morgan fingerprint density at radius 2 is 2.00 bits per heavy atom. The molecule has 1 aliphatic rings. The van der Waals surface area contributed by atoms with Crippen LogP contribution in [0.3, 0.4) is 0 Å². The molecule has 0 saturated heterocycles. The van der Waals surface area contributed by atoms with E-state index < -0.39 is 0 Å². The van der Waals surface area contributed by atoms with Gasteiger partial charge in [-0.1, -0.05) is 18.2 Å². The van der Waals surface area contributed by atoms with Gasteiger partial charge in [0.2, 0.25) is 5.91 Å². The highest BCUT2D eigenvalue weighted by Crippen LogP contribution is 2.32. The summed E-state index contributed by atoms with van der Waals surface area (Å²) in [4.78, 5) is 12.6. The fourth-order valence-corrected chi connectivity index (χ4v) is 4.10. The number of benzene rings is 2. The van der Waals surface area contributed by atoms with Crippen molar-refractivity contribution in [1.29, 1.82) is 0 Å². The zero-order valence-electron chi connectivity index (χ0n) is 17.7. The van der Waals surface area contributed by atoms with Crippen LogP contribution in [-0.2, 0) is 17.6 Å². The SMILES string of the molecule is COc1ccc(CCC(=O)NC2CCCc3c2cnn3-c2ccccc2F)cc1OC. The predicted octanol–water partition coefficient (Wildman–Crippen LogP) is 4.16. The van der Waals surface area contributed by atoms with Crippen molar-refractivity contribution in [2.75, 3.05) is 14.2 Å². The molecule has 31 heavy (non-hydrogen) atoms. The van der Waals surface area contributed by atoms with Crippen molar-refractivity contribution in [1.82, 2.24) is 15.1 Å². The second-order valence-electron chi connectivity index (χ2n) is 7.61. The second-order valence-corrected chi connectivity index (χ2v) is 7.61. The molecule has 0 aliphatic heterocycles. The predicted molar refractivity (Wildman–Crippen MR) is 115 cm³/mol. The first-order valence-electron chi connectivity index (χ1n) is 10.4. The monoisotopic (exact) mass is 423 g/mol. The summed E-state index contributed by atoms with van der Waals surface area (Å²) in [5, 5.41) is 7.55. The third-order valence-corrected chi connectivity index (χ3v) is 5.69. The molecule has 3 aromatic rings. The van der Waals surface area contributed by atoms with Gasteiger partial charge in [-0.05, 0) is 55.5 Å². The van der Waals surface area contributed by atoms with Crippen molar-refractivity contribution in [3.8, 4) is 17.2 Å². The Bertz CT molecular complexity index is 1080. The lowest BCUT2D eigenvalue weighted by Crippen LogP contribution is -2.31. The molecule has 2 aromatic carbocycles. The van der Waals surface area contributed by atoms with Gasteiger partial charge in [0.1, 0.15) is 11.5 Å². The molecule has 0 bridgehead atoms. The lowest BCUT2D eigenvalue weighted by atomic mass is 9.92. The van der Waals surface area contributed by atoms with Crippen molar-refractivity contribution in [2.45, 2.75) is 38.1 Å². The van der Waals surface area contributed by atoms with Gasteiger partial charge >= 0.3 is 0 Å². The van der Waals surface area contributed by atoms with E-state index in [9.17, 15) is 9.18 Å². The highest BCUT2D eigenvalue weighted by molar-refractivity contribution is 5.76. The summed E-state index contributed by atoms with van der Waals surface area (Å²) < 4.78 is 26.5. The standard InChI is InChI=1S/C24H26FN3O3/c1-30-22-12-10-16(14-23(22)31-2)11-13-24(29)27-19-7-5-9-20-17(19)15-26-28(20)21-8-4-3-6-18(21)25/h3-4,6,8,10,12,14-15,19H,5,7,9,11,13H2,1-2H3,(H,27,29). The Labute approximate surface area is 181 Å². The topological polar surface area (TPSA) is 65.4 Å². The lowest BCUT2D eigenvalue weighted by Gasteiger charge is -2.24. The number of para-hydroxylation sites is 1. The molecule has 1 amide bonds. The third kappa shape index (κ3) is 4.40. The van der Waals surface area contributed by atoms with Crippen LogP contribution in [0.1, 0.15) is 42.1 Å². The van der Waals surface area contributed by atoms with Crippen LogP contribution in [-0.4, -0.2) is 29.9 Å². The molecular weight excluding hydrogens is 397 g/mol. The van der Waals surface area contributed by atoms with Crippen molar-refractivity contribution in [3.05, 3.63) is 71.3 Å². The molecule has 0 spiro atoms. The Balaban J connectivity index is 1.43. The van der Waals surface area contributed by atoms with Crippen LogP contribution in [0.2, 0.25) is 0 Å². The van der Waals surface area contributed by atoms with Gasteiger partial charge in [-0.15, -0.1) is 0 Å². The maximum absolute atomic E-state index is 14.2. The number of nitrogens with zero attached hydrogens (tertiary/aromatic N) is 2. The summed E-state index contributed by atoms with van der Waals surface area (Å²) in [6.45, 7) is 0. The zero-order chi connectivity index (χ0) is 21.8. The number of ether oxygens (including phenoxy) is 2. The van der Waals surface area contributed by atoms with Crippen LogP contribution in [0.25, 0.3) is 5.69 Å². The highest BCUT2D eigenvalue weighted by Gasteiger charge is 2.26. The number of fused-ring (bicyclic) bond motifs is 1. The van der Waals surface area contributed by atoms with E-state index in [-0.39, 0.29) is 17.8 Å². The average molecular weight is 423 g/mol. The maximum atomic E-state index is 14.2. The summed E-state index contributed by atoms with van der Waals surface area (Å²) in [7, 11) is 3.19. The van der Waals surface area contributed by atoms with Gasteiger partial charge in [-0.25, -0.2) is 9.07 Å². The van der Waals surface area contributed by atoms with Gasteiger partial charge in [-0.3, -0.25) is 4.79 Å². The molecule has 1 aliphatic carbocycles. The molecule has 1 unspecified atom stereocenters. The molecule has 6 nitrogen and oxygen atoms in total. The fourth-order valence-electron chi connectivity index (χ4n) is 4.10. The number of hydrogen-bond donors (Lipinski definition) is 1. The third-order valence-electron chi connectivity index (χ3n) is 5.69. The molecular formula is C24H26FN3O3. The molecule has 162 valence electrons. The Morgan fingerprint density at radius 1 is 1.19 bits per heavy atom. The average Bonchev–Trinajstić information content (AvgIpc) is 3.23. The van der Waals surface area contributed by atoms with Crippen molar-refractivity contribution >= 4 is 5.91 Å². The normalized spacial score (nSPS) is 15.3. The number of halogens is 1. The number of rotatable bonds is 7. The van der Waals surface area contributed by atoms with Crippen molar-refractivity contribution < 1.29 is 18.7 Å². The first-order valence-corrected chi connectivity index (χ1v) is 10.4. The van der Waals surface area contributed by atoms with E-state index in [1.165, 1.54) is 6.07 Å². The summed E-state index contributed by atoms with van der Waals surface area (Å²) in [6, 6.07) is 12.2. The quantitative estimate of drug-likeness (QED) is 0.620. The van der Waals surface area contributed by atoms with Crippen LogP contribution < -0.4 is 14.8 Å². The fraction of sp³-hybridized carbons (Fsp3) is 0.333. The Hall–Kier alpha value is -3.35. The molecule has 1 atom stereocenters. The molecule has 1 N–H and O–H groups in total. The van der Waals surface area contributed by atoms with E-state index in [2.05, 4.69) is 10.4 Å². The number of aromatic nitrogens is 2. The summed E-state index contributed by atoms with van der Waals surface area (Å²) >= 11 is 0. The van der Waals surface area contributed by atoms with Crippen LogP contribution >= 0.6 is 0 Å². The summed E-state index contributed by atoms with van der Waals surface area (Å²) in [5.74, 6) is 0.982. The maximum Gasteiger partial charge on any atom is 0.220 e. The van der Waals surface area contributed by atoms with Crippen LogP contribution in [0, 0.1) is 5.82 Å². The van der Waals surface area contributed by atoms with Crippen molar-refractivity contribution in [2.24, 2.45) is 0 Å². The minimum Gasteiger partial charge on any atom is -0.493 e. The number of aryl methyl sites for hydroxylation is 1. The molecule has 7 heteroatoms.